The number of nitrogens with zero attached hydrogens (tertiary/aromatic N) is 1. The van der Waals surface area contributed by atoms with Crippen LogP contribution in [-0.4, -0.2) is 16.8 Å². The van der Waals surface area contributed by atoms with E-state index in [1.54, 1.807) is 0 Å². The molecule has 0 aromatic carbocycles. The summed E-state index contributed by atoms with van der Waals surface area (Å²) in [6.07, 6.45) is 13.3. The van der Waals surface area contributed by atoms with Crippen molar-refractivity contribution >= 4 is 0 Å². The number of hydrogen-bond donors (Lipinski definition) is 1. The highest BCUT2D eigenvalue weighted by Gasteiger charge is 1.97. The van der Waals surface area contributed by atoms with Crippen molar-refractivity contribution in [3.63, 3.8) is 0 Å². The van der Waals surface area contributed by atoms with Crippen LogP contribution >= 0.6 is 0 Å². The molecule has 0 saturated carbocycles. The molecule has 0 atom stereocenters. The Hall–Kier alpha value is -1.28. The lowest BCUT2D eigenvalue weighted by Gasteiger charge is -2.14. The van der Waals surface area contributed by atoms with Crippen LogP contribution in [0.2, 0.25) is 0 Å². The van der Waals surface area contributed by atoms with Gasteiger partial charge < -0.3 is 0 Å². The second-order valence-electron chi connectivity index (χ2n) is 2.44. The van der Waals surface area contributed by atoms with E-state index in [1.165, 1.54) is 5.06 Å². The van der Waals surface area contributed by atoms with Crippen molar-refractivity contribution in [1.82, 2.24) is 5.06 Å². The van der Waals surface area contributed by atoms with Gasteiger partial charge in [-0.3, -0.25) is 10.3 Å². The lowest BCUT2D eigenvalue weighted by Crippen LogP contribution is -2.16. The van der Waals surface area contributed by atoms with Crippen LogP contribution in [0.3, 0.4) is 0 Å². The lowest BCUT2D eigenvalue weighted by molar-refractivity contribution is -0.0459. The molecule has 0 unspecified atom stereocenters. The van der Waals surface area contributed by atoms with Gasteiger partial charge in [-0.05, 0) is 19.1 Å². The minimum atomic E-state index is 0.591. The molecule has 0 radical (unpaired) electrons. The molecule has 0 saturated heterocycles. The summed E-state index contributed by atoms with van der Waals surface area (Å²) >= 11 is 0. The van der Waals surface area contributed by atoms with E-state index in [9.17, 15) is 5.21 Å². The fourth-order valence-corrected chi connectivity index (χ4v) is 0.911. The van der Waals surface area contributed by atoms with Gasteiger partial charge in [-0.1, -0.05) is 30.4 Å². The number of rotatable bonds is 2. The molecule has 0 spiro atoms. The Morgan fingerprint density at radius 1 is 1.17 bits per heavy atom. The minimum Gasteiger partial charge on any atom is -0.288 e. The molecule has 0 bridgehead atoms. The largest absolute Gasteiger partial charge is 0.288 e. The van der Waals surface area contributed by atoms with Crippen LogP contribution in [0.4, 0.5) is 0 Å². The van der Waals surface area contributed by atoms with E-state index in [0.717, 1.165) is 5.70 Å². The number of likely N-dealkylation sites (N-methyl/N-ethyl adjacent to an activating group) is 1. The SMILES string of the molecule is CCN(O)C1=C/C=C\C=C/C=C\1. The number of hydrogen-bond acceptors (Lipinski definition) is 2. The topological polar surface area (TPSA) is 23.5 Å². The van der Waals surface area contributed by atoms with E-state index in [2.05, 4.69) is 0 Å². The van der Waals surface area contributed by atoms with Crippen molar-refractivity contribution in [1.29, 1.82) is 0 Å². The Morgan fingerprint density at radius 2 is 1.83 bits per heavy atom. The van der Waals surface area contributed by atoms with E-state index in [4.69, 9.17) is 0 Å². The van der Waals surface area contributed by atoms with Crippen LogP contribution in [0, 0.1) is 0 Å². The highest BCUT2D eigenvalue weighted by Crippen LogP contribution is 2.04. The van der Waals surface area contributed by atoms with Crippen LogP contribution in [0.15, 0.2) is 48.2 Å². The third kappa shape index (κ3) is 2.40. The summed E-state index contributed by atoms with van der Waals surface area (Å²) in [6.45, 7) is 2.49. The van der Waals surface area contributed by atoms with Gasteiger partial charge in [-0.2, -0.15) is 0 Å². The van der Waals surface area contributed by atoms with Crippen molar-refractivity contribution in [3.8, 4) is 0 Å². The molecular weight excluding hydrogens is 150 g/mol. The van der Waals surface area contributed by atoms with Gasteiger partial charge in [-0.25, -0.2) is 0 Å². The van der Waals surface area contributed by atoms with Crippen molar-refractivity contribution < 1.29 is 5.21 Å². The molecular formula is C10H13NO. The molecule has 0 heterocycles. The predicted octanol–water partition coefficient (Wildman–Crippen LogP) is 2.26. The van der Waals surface area contributed by atoms with Gasteiger partial charge in [0.25, 0.3) is 0 Å². The molecule has 1 aliphatic carbocycles. The zero-order valence-corrected chi connectivity index (χ0v) is 7.14. The average molecular weight is 163 g/mol. The summed E-state index contributed by atoms with van der Waals surface area (Å²) < 4.78 is 0. The standard InChI is InChI=1S/C10H13NO/c1-2-11(12)10-8-6-4-3-5-7-9-10/h3-9,12H,2H2,1H3/b4-3-,5-3?,6-4?,7-5-,8-6-,9-7?,10-8?,10-9+. The first-order valence-electron chi connectivity index (χ1n) is 4.02. The Bertz CT molecular complexity index is 249. The Kier molecular flexibility index (Phi) is 3.35. The molecule has 0 fully saturated rings. The predicted molar refractivity (Wildman–Crippen MR) is 49.7 cm³/mol. The van der Waals surface area contributed by atoms with Crippen LogP contribution in [-0.2, 0) is 0 Å². The molecule has 2 nitrogen and oxygen atoms in total. The van der Waals surface area contributed by atoms with Gasteiger partial charge in [0, 0.05) is 6.54 Å². The van der Waals surface area contributed by atoms with E-state index in [-0.39, 0.29) is 0 Å². The summed E-state index contributed by atoms with van der Waals surface area (Å²) in [4.78, 5) is 0. The van der Waals surface area contributed by atoms with Gasteiger partial charge >= 0.3 is 0 Å². The first-order valence-corrected chi connectivity index (χ1v) is 4.02. The van der Waals surface area contributed by atoms with Crippen LogP contribution in [0.25, 0.3) is 0 Å². The highest BCUT2D eigenvalue weighted by molar-refractivity contribution is 5.29. The van der Waals surface area contributed by atoms with Crippen molar-refractivity contribution in [2.24, 2.45) is 0 Å². The minimum absolute atomic E-state index is 0.591. The molecule has 0 amide bonds. The Morgan fingerprint density at radius 3 is 2.58 bits per heavy atom. The lowest BCUT2D eigenvalue weighted by atomic mass is 10.2. The average Bonchev–Trinajstić information content (AvgIpc) is 2.02. The number of hydroxylamine groups is 2. The van der Waals surface area contributed by atoms with Crippen molar-refractivity contribution in [2.45, 2.75) is 6.92 Å². The highest BCUT2D eigenvalue weighted by atomic mass is 16.5. The molecule has 1 N–H and O–H groups in total. The fraction of sp³-hybridized carbons (Fsp3) is 0.200. The molecule has 0 aromatic heterocycles. The summed E-state index contributed by atoms with van der Waals surface area (Å²) in [7, 11) is 0. The van der Waals surface area contributed by atoms with E-state index in [1.807, 2.05) is 49.5 Å². The molecule has 0 aliphatic heterocycles. The fourth-order valence-electron chi connectivity index (χ4n) is 0.911. The zero-order chi connectivity index (χ0) is 8.81. The second kappa shape index (κ2) is 4.57. The van der Waals surface area contributed by atoms with E-state index < -0.39 is 0 Å². The molecule has 2 heteroatoms. The summed E-state index contributed by atoms with van der Waals surface area (Å²) in [5.74, 6) is 0. The van der Waals surface area contributed by atoms with Gasteiger partial charge in [0.05, 0.1) is 5.70 Å². The van der Waals surface area contributed by atoms with Gasteiger partial charge in [0.1, 0.15) is 0 Å². The Balaban J connectivity index is 2.75. The second-order valence-corrected chi connectivity index (χ2v) is 2.44. The molecule has 0 aromatic rings. The maximum atomic E-state index is 9.36. The molecule has 1 aliphatic rings. The Labute approximate surface area is 72.8 Å². The summed E-state index contributed by atoms with van der Waals surface area (Å²) in [5.41, 5.74) is 0.804. The van der Waals surface area contributed by atoms with Gasteiger partial charge in [0.15, 0.2) is 0 Å². The maximum absolute atomic E-state index is 9.36. The summed E-state index contributed by atoms with van der Waals surface area (Å²) in [5, 5.41) is 10.6. The monoisotopic (exact) mass is 163 g/mol. The van der Waals surface area contributed by atoms with Crippen molar-refractivity contribution in [3.05, 3.63) is 48.2 Å². The first-order chi connectivity index (χ1) is 5.84. The molecule has 12 heavy (non-hydrogen) atoms. The third-order valence-corrected chi connectivity index (χ3v) is 1.58. The van der Waals surface area contributed by atoms with Crippen LogP contribution in [0.5, 0.6) is 0 Å². The number of allylic oxidation sites excluding steroid dienone is 7. The van der Waals surface area contributed by atoms with Crippen LogP contribution in [0.1, 0.15) is 6.92 Å². The normalized spacial score (nSPS) is 27.7. The first kappa shape index (κ1) is 8.81. The molecule has 1 rings (SSSR count). The third-order valence-electron chi connectivity index (χ3n) is 1.58. The van der Waals surface area contributed by atoms with E-state index >= 15 is 0 Å². The zero-order valence-electron chi connectivity index (χ0n) is 7.14. The smallest absolute Gasteiger partial charge is 0.0633 e. The van der Waals surface area contributed by atoms with Crippen molar-refractivity contribution in [2.75, 3.05) is 6.54 Å². The summed E-state index contributed by atoms with van der Waals surface area (Å²) in [6, 6.07) is 0. The quantitative estimate of drug-likeness (QED) is 0.631. The maximum Gasteiger partial charge on any atom is 0.0633 e. The van der Waals surface area contributed by atoms with Gasteiger partial charge in [0.2, 0.25) is 0 Å². The van der Waals surface area contributed by atoms with Gasteiger partial charge in [-0.15, -0.1) is 0 Å². The molecule has 64 valence electrons. The van der Waals surface area contributed by atoms with E-state index in [0.29, 0.717) is 6.54 Å². The van der Waals surface area contributed by atoms with Crippen LogP contribution < -0.4 is 0 Å².